The molecule has 0 unspecified atom stereocenters. The van der Waals surface area contributed by atoms with Crippen LogP contribution in [0.2, 0.25) is 0 Å². The summed E-state index contributed by atoms with van der Waals surface area (Å²) >= 11 is 0. The summed E-state index contributed by atoms with van der Waals surface area (Å²) in [5.74, 6) is 2.13. The highest BCUT2D eigenvalue weighted by Crippen LogP contribution is 2.42. The summed E-state index contributed by atoms with van der Waals surface area (Å²) in [5, 5.41) is 3.28. The van der Waals surface area contributed by atoms with Gasteiger partial charge in [0.25, 0.3) is 5.91 Å². The summed E-state index contributed by atoms with van der Waals surface area (Å²) in [5.41, 5.74) is 2.25. The van der Waals surface area contributed by atoms with E-state index in [1.54, 1.807) is 24.4 Å². The number of rotatable bonds is 9. The molecule has 2 N–H and O–H groups in total. The summed E-state index contributed by atoms with van der Waals surface area (Å²) in [6.07, 6.45) is 14.5. The number of likely N-dealkylation sites (tertiary alicyclic amines) is 2. The number of methoxy groups -OCH3 is 1. The first-order valence-electron chi connectivity index (χ1n) is 15.3. The van der Waals surface area contributed by atoms with Gasteiger partial charge in [0, 0.05) is 38.1 Å². The molecule has 216 valence electrons. The normalized spacial score (nSPS) is 21.9. The molecule has 0 radical (unpaired) electrons. The summed E-state index contributed by atoms with van der Waals surface area (Å²) < 4.78 is 5.77. The third-order valence-electron chi connectivity index (χ3n) is 9.64. The number of nitrogens with one attached hydrogen (secondary N) is 2. The maximum absolute atomic E-state index is 13.7. The first-order valence-corrected chi connectivity index (χ1v) is 15.3. The molecule has 4 heterocycles. The number of piperidine rings is 1. The van der Waals surface area contributed by atoms with Crippen molar-refractivity contribution in [3.05, 3.63) is 47.5 Å². The molecule has 6 rings (SSSR count). The van der Waals surface area contributed by atoms with E-state index in [9.17, 15) is 4.79 Å². The molecular weight excluding hydrogens is 502 g/mol. The molecule has 1 amide bonds. The van der Waals surface area contributed by atoms with E-state index in [1.165, 1.54) is 76.6 Å². The molecule has 3 fully saturated rings. The number of aromatic nitrogens is 2. The Morgan fingerprint density at radius 2 is 1.95 bits per heavy atom. The Bertz CT molecular complexity index is 1170. The van der Waals surface area contributed by atoms with Crippen molar-refractivity contribution in [2.75, 3.05) is 52.9 Å². The fourth-order valence-corrected chi connectivity index (χ4v) is 7.32. The van der Waals surface area contributed by atoms with Crippen LogP contribution in [0.15, 0.2) is 35.6 Å². The van der Waals surface area contributed by atoms with Gasteiger partial charge in [-0.2, -0.15) is 0 Å². The standard InChI is InChI=1S/C31H45N7O2/c1-40-27-19-24(20-36-16-9-31(23-36)10-17-37(18-11-31)25-5-3-2-4-6-25)7-8-26(27)30(39)38(21-28-32-12-13-33-28)22-29-34-14-15-35-29/h7-8,12-13,19,25H,2-6,9-11,14-18,20-23H2,1H3,(H,32,33)(H,34,35). The van der Waals surface area contributed by atoms with E-state index >= 15 is 0 Å². The van der Waals surface area contributed by atoms with Crippen molar-refractivity contribution in [1.82, 2.24) is 30.0 Å². The zero-order valence-electron chi connectivity index (χ0n) is 24.0. The lowest BCUT2D eigenvalue weighted by atomic mass is 9.77. The second-order valence-electron chi connectivity index (χ2n) is 12.3. The van der Waals surface area contributed by atoms with Crippen LogP contribution in [0.3, 0.4) is 0 Å². The third kappa shape index (κ3) is 6.20. The minimum atomic E-state index is -0.0824. The number of amides is 1. The molecule has 0 bridgehead atoms. The molecule has 1 aliphatic carbocycles. The van der Waals surface area contributed by atoms with Gasteiger partial charge >= 0.3 is 0 Å². The smallest absolute Gasteiger partial charge is 0.258 e. The Hall–Kier alpha value is -2.91. The fourth-order valence-electron chi connectivity index (χ4n) is 7.32. The molecule has 2 saturated heterocycles. The van der Waals surface area contributed by atoms with Gasteiger partial charge in [-0.05, 0) is 74.8 Å². The van der Waals surface area contributed by atoms with Gasteiger partial charge in [-0.15, -0.1) is 0 Å². The molecule has 2 aromatic rings. The van der Waals surface area contributed by atoms with Crippen LogP contribution in [0, 0.1) is 5.41 Å². The van der Waals surface area contributed by atoms with Crippen molar-refractivity contribution in [3.63, 3.8) is 0 Å². The van der Waals surface area contributed by atoms with E-state index in [2.05, 4.69) is 42.2 Å². The zero-order chi connectivity index (χ0) is 27.4. The number of carbonyl (C=O) groups excluding carboxylic acids is 1. The van der Waals surface area contributed by atoms with Crippen LogP contribution in [0.1, 0.15) is 73.1 Å². The van der Waals surface area contributed by atoms with Crippen molar-refractivity contribution in [3.8, 4) is 5.75 Å². The van der Waals surface area contributed by atoms with E-state index in [-0.39, 0.29) is 5.91 Å². The third-order valence-corrected chi connectivity index (χ3v) is 9.64. The Labute approximate surface area is 238 Å². The number of ether oxygens (including phenoxy) is 1. The Morgan fingerprint density at radius 3 is 2.67 bits per heavy atom. The lowest BCUT2D eigenvalue weighted by Crippen LogP contribution is -2.46. The lowest BCUT2D eigenvalue weighted by molar-refractivity contribution is 0.0615. The van der Waals surface area contributed by atoms with Crippen molar-refractivity contribution in [2.24, 2.45) is 10.4 Å². The monoisotopic (exact) mass is 547 g/mol. The van der Waals surface area contributed by atoms with Crippen LogP contribution in [0.25, 0.3) is 0 Å². The molecule has 3 aliphatic heterocycles. The number of aliphatic imine (C=N–C) groups is 1. The Kier molecular flexibility index (Phi) is 8.39. The summed E-state index contributed by atoms with van der Waals surface area (Å²) in [6, 6.07) is 6.93. The van der Waals surface area contributed by atoms with Gasteiger partial charge in [0.2, 0.25) is 0 Å². The maximum atomic E-state index is 13.7. The van der Waals surface area contributed by atoms with Crippen LogP contribution < -0.4 is 10.1 Å². The van der Waals surface area contributed by atoms with Gasteiger partial charge in [-0.1, -0.05) is 25.3 Å². The number of amidine groups is 1. The highest BCUT2D eigenvalue weighted by Gasteiger charge is 2.41. The van der Waals surface area contributed by atoms with Crippen molar-refractivity contribution >= 4 is 11.7 Å². The topological polar surface area (TPSA) is 89.1 Å². The molecule has 9 nitrogen and oxygen atoms in total. The number of benzene rings is 1. The summed E-state index contributed by atoms with van der Waals surface area (Å²) in [7, 11) is 1.65. The van der Waals surface area contributed by atoms with E-state index in [4.69, 9.17) is 4.74 Å². The number of hydrogen-bond donors (Lipinski definition) is 2. The fraction of sp³-hybridized carbons (Fsp3) is 0.645. The Balaban J connectivity index is 1.09. The lowest BCUT2D eigenvalue weighted by Gasteiger charge is -2.43. The second kappa shape index (κ2) is 12.3. The summed E-state index contributed by atoms with van der Waals surface area (Å²) in [6.45, 7) is 8.14. The molecule has 9 heteroatoms. The predicted molar refractivity (Wildman–Crippen MR) is 157 cm³/mol. The number of carbonyl (C=O) groups is 1. The molecule has 1 aromatic carbocycles. The molecule has 40 heavy (non-hydrogen) atoms. The van der Waals surface area contributed by atoms with Crippen LogP contribution in [-0.2, 0) is 13.1 Å². The average molecular weight is 548 g/mol. The van der Waals surface area contributed by atoms with E-state index in [1.807, 2.05) is 6.07 Å². The predicted octanol–water partition coefficient (Wildman–Crippen LogP) is 3.68. The van der Waals surface area contributed by atoms with E-state index in [0.29, 0.717) is 29.8 Å². The van der Waals surface area contributed by atoms with Crippen molar-refractivity contribution < 1.29 is 9.53 Å². The minimum Gasteiger partial charge on any atom is -0.496 e. The van der Waals surface area contributed by atoms with Gasteiger partial charge in [0.1, 0.15) is 17.4 Å². The molecule has 1 saturated carbocycles. The first kappa shape index (κ1) is 27.3. The van der Waals surface area contributed by atoms with Crippen molar-refractivity contribution in [1.29, 1.82) is 0 Å². The first-order chi connectivity index (χ1) is 19.6. The zero-order valence-corrected chi connectivity index (χ0v) is 24.0. The molecule has 0 atom stereocenters. The number of aromatic amines is 1. The van der Waals surface area contributed by atoms with E-state index in [0.717, 1.165) is 43.9 Å². The number of nitrogens with zero attached hydrogens (tertiary/aromatic N) is 5. The largest absolute Gasteiger partial charge is 0.496 e. The number of H-pyrrole nitrogens is 1. The van der Waals surface area contributed by atoms with Gasteiger partial charge in [-0.3, -0.25) is 14.7 Å². The van der Waals surface area contributed by atoms with Crippen LogP contribution >= 0.6 is 0 Å². The summed E-state index contributed by atoms with van der Waals surface area (Å²) in [4.78, 5) is 32.9. The highest BCUT2D eigenvalue weighted by molar-refractivity contribution is 5.99. The molecule has 4 aliphatic rings. The molecule has 1 aromatic heterocycles. The van der Waals surface area contributed by atoms with Crippen LogP contribution in [0.4, 0.5) is 0 Å². The maximum Gasteiger partial charge on any atom is 0.258 e. The SMILES string of the molecule is COc1cc(CN2CCC3(CCN(C4CCCCC4)CC3)C2)ccc1C(=O)N(CC1=NCCN1)Cc1ncc[nH]1. The average Bonchev–Trinajstić information content (AvgIpc) is 3.77. The van der Waals surface area contributed by atoms with Gasteiger partial charge in [0.15, 0.2) is 0 Å². The second-order valence-corrected chi connectivity index (χ2v) is 12.3. The van der Waals surface area contributed by atoms with Crippen LogP contribution in [0.5, 0.6) is 5.75 Å². The quantitative estimate of drug-likeness (QED) is 0.498. The molecule has 1 spiro atoms. The minimum absolute atomic E-state index is 0.0824. The highest BCUT2D eigenvalue weighted by atomic mass is 16.5. The van der Waals surface area contributed by atoms with Gasteiger partial charge in [0.05, 0.1) is 32.3 Å². The van der Waals surface area contributed by atoms with Gasteiger partial charge < -0.3 is 24.8 Å². The number of imidazole rings is 1. The number of hydrogen-bond acceptors (Lipinski definition) is 7. The Morgan fingerprint density at radius 1 is 1.12 bits per heavy atom. The van der Waals surface area contributed by atoms with Gasteiger partial charge in [-0.25, -0.2) is 4.98 Å². The molecular formula is C31H45N7O2. The van der Waals surface area contributed by atoms with Crippen molar-refractivity contribution in [2.45, 2.75) is 70.5 Å². The van der Waals surface area contributed by atoms with E-state index < -0.39 is 0 Å². The van der Waals surface area contributed by atoms with Crippen LogP contribution in [-0.4, -0.2) is 95.4 Å².